The molecule has 3 N–H and O–H groups in total. The molecule has 1 fully saturated rings. The zero-order valence-corrected chi connectivity index (χ0v) is 20.6. The third-order valence-corrected chi connectivity index (χ3v) is 5.46. The molecule has 0 radical (unpaired) electrons. The van der Waals surface area contributed by atoms with Crippen LogP contribution in [0.4, 0.5) is 5.69 Å². The van der Waals surface area contributed by atoms with Crippen molar-refractivity contribution in [1.82, 2.24) is 20.9 Å². The number of ether oxygens (including phenoxy) is 1. The third-order valence-electron chi connectivity index (χ3n) is 5.46. The summed E-state index contributed by atoms with van der Waals surface area (Å²) in [5.74, 6) is 1.57. The Hall–Kier alpha value is -2.08. The summed E-state index contributed by atoms with van der Waals surface area (Å²) < 4.78 is 5.49. The van der Waals surface area contributed by atoms with Crippen molar-refractivity contribution in [2.45, 2.75) is 25.3 Å². The molecule has 0 aromatic heterocycles. The van der Waals surface area contributed by atoms with Gasteiger partial charge in [0.2, 0.25) is 5.91 Å². The Morgan fingerprint density at radius 2 is 2.00 bits per heavy atom. The number of para-hydroxylation sites is 2. The number of amides is 2. The Morgan fingerprint density at radius 1 is 1.26 bits per heavy atom. The van der Waals surface area contributed by atoms with Crippen molar-refractivity contribution in [2.24, 2.45) is 4.99 Å². The van der Waals surface area contributed by atoms with Crippen LogP contribution in [0.1, 0.15) is 19.3 Å². The highest BCUT2D eigenvalue weighted by atomic mass is 127. The average Bonchev–Trinajstić information content (AvgIpc) is 2.78. The lowest BCUT2D eigenvalue weighted by Crippen LogP contribution is -2.50. The van der Waals surface area contributed by atoms with Gasteiger partial charge in [0.1, 0.15) is 5.75 Å². The fraction of sp³-hybridized carbons (Fsp3) is 0.571. The Kier molecular flexibility index (Phi) is 10.3. The minimum absolute atomic E-state index is 0. The molecule has 3 rings (SSSR count). The second kappa shape index (κ2) is 12.7. The van der Waals surface area contributed by atoms with E-state index in [-0.39, 0.29) is 42.4 Å². The predicted octanol–water partition coefficient (Wildman–Crippen LogP) is 0.796. The molecular weight excluding hydrogens is 511 g/mol. The normalized spacial score (nSPS) is 17.3. The number of benzene rings is 1. The van der Waals surface area contributed by atoms with Crippen LogP contribution in [0.2, 0.25) is 0 Å². The summed E-state index contributed by atoms with van der Waals surface area (Å²) in [7, 11) is 3.43. The number of anilines is 1. The minimum atomic E-state index is -0.0141. The van der Waals surface area contributed by atoms with Gasteiger partial charge in [-0.3, -0.25) is 19.5 Å². The van der Waals surface area contributed by atoms with Gasteiger partial charge in [-0.25, -0.2) is 0 Å². The summed E-state index contributed by atoms with van der Waals surface area (Å²) in [6.07, 6.45) is 2.73. The van der Waals surface area contributed by atoms with Gasteiger partial charge in [-0.2, -0.15) is 0 Å². The van der Waals surface area contributed by atoms with Crippen LogP contribution >= 0.6 is 24.0 Å². The lowest BCUT2D eigenvalue weighted by atomic mass is 10.1. The number of fused-ring (bicyclic) bond motifs is 1. The van der Waals surface area contributed by atoms with Gasteiger partial charge in [0, 0.05) is 46.3 Å². The van der Waals surface area contributed by atoms with Crippen LogP contribution in [-0.2, 0) is 9.59 Å². The molecule has 1 aromatic rings. The van der Waals surface area contributed by atoms with Gasteiger partial charge in [-0.05, 0) is 31.4 Å². The van der Waals surface area contributed by atoms with Crippen molar-refractivity contribution in [3.05, 3.63) is 24.3 Å². The highest BCUT2D eigenvalue weighted by molar-refractivity contribution is 14.0. The van der Waals surface area contributed by atoms with Gasteiger partial charge < -0.3 is 25.6 Å². The quantitative estimate of drug-likeness (QED) is 0.203. The van der Waals surface area contributed by atoms with Crippen molar-refractivity contribution in [2.75, 3.05) is 58.3 Å². The molecule has 0 unspecified atom stereocenters. The molecule has 1 aromatic carbocycles. The molecule has 31 heavy (non-hydrogen) atoms. The summed E-state index contributed by atoms with van der Waals surface area (Å²) in [4.78, 5) is 32.0. The lowest BCUT2D eigenvalue weighted by Gasteiger charge is -2.32. The summed E-state index contributed by atoms with van der Waals surface area (Å²) >= 11 is 0. The number of nitrogens with one attached hydrogen (secondary N) is 3. The zero-order valence-electron chi connectivity index (χ0n) is 18.2. The fourth-order valence-corrected chi connectivity index (χ4v) is 3.75. The van der Waals surface area contributed by atoms with Crippen LogP contribution in [0.5, 0.6) is 5.75 Å². The smallest absolute Gasteiger partial charge is 0.265 e. The maximum atomic E-state index is 12.2. The first-order valence-electron chi connectivity index (χ1n) is 10.5. The van der Waals surface area contributed by atoms with E-state index in [0.717, 1.165) is 49.7 Å². The topological polar surface area (TPSA) is 98.3 Å². The van der Waals surface area contributed by atoms with Crippen molar-refractivity contribution in [1.29, 1.82) is 0 Å². The second-order valence-corrected chi connectivity index (χ2v) is 7.52. The molecule has 0 aliphatic carbocycles. The number of aliphatic imine (C=N–C) groups is 1. The number of nitrogens with zero attached hydrogens (tertiary/aromatic N) is 3. The molecule has 0 bridgehead atoms. The third kappa shape index (κ3) is 7.23. The summed E-state index contributed by atoms with van der Waals surface area (Å²) in [6, 6.07) is 7.96. The van der Waals surface area contributed by atoms with Crippen molar-refractivity contribution in [3.8, 4) is 5.75 Å². The van der Waals surface area contributed by atoms with Crippen LogP contribution in [0.3, 0.4) is 0 Å². The molecule has 172 valence electrons. The maximum absolute atomic E-state index is 12.2. The number of guanidine groups is 1. The van der Waals surface area contributed by atoms with Crippen LogP contribution < -0.4 is 25.6 Å². The lowest BCUT2D eigenvalue weighted by molar-refractivity contribution is -0.122. The summed E-state index contributed by atoms with van der Waals surface area (Å²) in [6.45, 7) is 3.66. The van der Waals surface area contributed by atoms with Crippen LogP contribution in [0.25, 0.3) is 0 Å². The molecule has 0 saturated carbocycles. The molecule has 2 heterocycles. The monoisotopic (exact) mass is 544 g/mol. The van der Waals surface area contributed by atoms with Gasteiger partial charge in [0.15, 0.2) is 12.6 Å². The SMILES string of the molecule is CN=C(NCCCN1C(=O)COc2ccccc21)NC1CCN(CC(=O)NC)CC1.I. The van der Waals surface area contributed by atoms with Crippen LogP contribution in [0.15, 0.2) is 29.3 Å². The number of likely N-dealkylation sites (tertiary alicyclic amines) is 1. The first-order chi connectivity index (χ1) is 14.6. The van der Waals surface area contributed by atoms with E-state index in [1.165, 1.54) is 0 Å². The molecule has 2 aliphatic rings. The number of carbonyl (C=O) groups excluding carboxylic acids is 2. The Labute approximate surface area is 201 Å². The predicted molar refractivity (Wildman–Crippen MR) is 132 cm³/mol. The Bertz CT molecular complexity index is 767. The van der Waals surface area contributed by atoms with Crippen LogP contribution in [-0.4, -0.2) is 82.1 Å². The Morgan fingerprint density at radius 3 is 2.71 bits per heavy atom. The molecule has 10 heteroatoms. The van der Waals surface area contributed by atoms with E-state index in [2.05, 4.69) is 25.8 Å². The first kappa shape index (κ1) is 25.2. The highest BCUT2D eigenvalue weighted by Gasteiger charge is 2.25. The molecule has 2 aliphatic heterocycles. The summed E-state index contributed by atoms with van der Waals surface area (Å²) in [5, 5.41) is 9.48. The van der Waals surface area contributed by atoms with Gasteiger partial charge in [0.05, 0.1) is 12.2 Å². The van der Waals surface area contributed by atoms with Gasteiger partial charge in [-0.1, -0.05) is 12.1 Å². The van der Waals surface area contributed by atoms with E-state index < -0.39 is 0 Å². The molecular formula is C21H33IN6O3. The van der Waals surface area contributed by atoms with Crippen molar-refractivity contribution < 1.29 is 14.3 Å². The van der Waals surface area contributed by atoms with Crippen molar-refractivity contribution >= 4 is 47.4 Å². The summed E-state index contributed by atoms with van der Waals surface area (Å²) in [5.41, 5.74) is 0.833. The molecule has 0 atom stereocenters. The molecule has 1 saturated heterocycles. The first-order valence-corrected chi connectivity index (χ1v) is 10.5. The Balaban J connectivity index is 0.00000341. The highest BCUT2D eigenvalue weighted by Crippen LogP contribution is 2.31. The molecule has 9 nitrogen and oxygen atoms in total. The number of piperidine rings is 1. The largest absolute Gasteiger partial charge is 0.482 e. The maximum Gasteiger partial charge on any atom is 0.265 e. The van der Waals surface area contributed by atoms with E-state index >= 15 is 0 Å². The number of carbonyl (C=O) groups is 2. The van der Waals surface area contributed by atoms with E-state index in [0.29, 0.717) is 25.7 Å². The van der Waals surface area contributed by atoms with E-state index in [1.54, 1.807) is 19.0 Å². The minimum Gasteiger partial charge on any atom is -0.482 e. The number of halogens is 1. The second-order valence-electron chi connectivity index (χ2n) is 7.52. The standard InChI is InChI=1S/C21H32N6O3.HI/c1-22-19(28)14-26-12-8-16(9-13-26)25-21(23-2)24-10-5-11-27-17-6-3-4-7-18(17)30-15-20(27)29;/h3-4,6-7,16H,5,8-15H2,1-2H3,(H,22,28)(H2,23,24,25);1H. The average molecular weight is 544 g/mol. The molecule has 2 amide bonds. The van der Waals surface area contributed by atoms with Gasteiger partial charge >= 0.3 is 0 Å². The van der Waals surface area contributed by atoms with E-state index in [4.69, 9.17) is 4.74 Å². The van der Waals surface area contributed by atoms with E-state index in [9.17, 15) is 9.59 Å². The zero-order chi connectivity index (χ0) is 21.3. The number of likely N-dealkylation sites (N-methyl/N-ethyl adjacent to an activating group) is 1. The van der Waals surface area contributed by atoms with E-state index in [1.807, 2.05) is 24.3 Å². The number of rotatable bonds is 7. The number of hydrogen-bond acceptors (Lipinski definition) is 5. The molecule has 0 spiro atoms. The van der Waals surface area contributed by atoms with Crippen molar-refractivity contribution in [3.63, 3.8) is 0 Å². The van der Waals surface area contributed by atoms with Crippen LogP contribution in [0, 0.1) is 0 Å². The fourth-order valence-electron chi connectivity index (χ4n) is 3.75. The van der Waals surface area contributed by atoms with Gasteiger partial charge in [0.25, 0.3) is 5.91 Å². The number of hydrogen-bond donors (Lipinski definition) is 3. The van der Waals surface area contributed by atoms with Gasteiger partial charge in [-0.15, -0.1) is 24.0 Å².